The Kier molecular flexibility index (Phi) is 4.55. The first-order chi connectivity index (χ1) is 10.6. The van der Waals surface area contributed by atoms with E-state index in [0.717, 1.165) is 24.4 Å². The van der Waals surface area contributed by atoms with Gasteiger partial charge in [-0.2, -0.15) is 13.2 Å². The van der Waals surface area contributed by atoms with E-state index in [1.165, 1.54) is 6.92 Å². The molecule has 10 heteroatoms. The smallest absolute Gasteiger partial charge is 0.274 e. The van der Waals surface area contributed by atoms with Crippen LogP contribution in [0.15, 0.2) is 38.9 Å². The van der Waals surface area contributed by atoms with Crippen LogP contribution < -0.4 is 11.2 Å². The molecular formula is C13H10F4N2O3S. The highest BCUT2D eigenvalue weighted by Crippen LogP contribution is 2.25. The third-order valence-electron chi connectivity index (χ3n) is 2.87. The minimum Gasteiger partial charge on any atom is -0.274 e. The zero-order valence-electron chi connectivity index (χ0n) is 11.6. The van der Waals surface area contributed by atoms with Crippen molar-refractivity contribution in [1.29, 1.82) is 0 Å². The summed E-state index contributed by atoms with van der Waals surface area (Å²) in [6.45, 7) is 1.31. The maximum atomic E-state index is 14.0. The highest BCUT2D eigenvalue weighted by Gasteiger charge is 2.32. The fourth-order valence-electron chi connectivity index (χ4n) is 1.91. The minimum atomic E-state index is -4.65. The first-order valence-electron chi connectivity index (χ1n) is 6.16. The third-order valence-corrected chi connectivity index (χ3v) is 4.39. The van der Waals surface area contributed by atoms with Gasteiger partial charge in [0, 0.05) is 17.2 Å². The summed E-state index contributed by atoms with van der Waals surface area (Å²) in [6.07, 6.45) is -3.67. The molecule has 0 aliphatic carbocycles. The van der Waals surface area contributed by atoms with E-state index >= 15 is 0 Å². The van der Waals surface area contributed by atoms with Crippen molar-refractivity contribution in [1.82, 2.24) is 9.55 Å². The van der Waals surface area contributed by atoms with E-state index in [2.05, 4.69) is 0 Å². The molecule has 2 rings (SSSR count). The summed E-state index contributed by atoms with van der Waals surface area (Å²) < 4.78 is 63.7. The lowest BCUT2D eigenvalue weighted by atomic mass is 10.2. The van der Waals surface area contributed by atoms with Crippen molar-refractivity contribution >= 4 is 10.8 Å². The van der Waals surface area contributed by atoms with Crippen LogP contribution in [0.4, 0.5) is 17.6 Å². The summed E-state index contributed by atoms with van der Waals surface area (Å²) in [7, 11) is -2.45. The van der Waals surface area contributed by atoms with Gasteiger partial charge in [-0.3, -0.25) is 18.6 Å². The molecule has 1 atom stereocenters. The van der Waals surface area contributed by atoms with Crippen LogP contribution in [0.2, 0.25) is 0 Å². The molecule has 0 fully saturated rings. The zero-order chi connectivity index (χ0) is 17.4. The van der Waals surface area contributed by atoms with Gasteiger partial charge in [-0.1, -0.05) is 0 Å². The number of nitrogens with zero attached hydrogens (tertiary/aromatic N) is 1. The number of H-pyrrole nitrogens is 1. The van der Waals surface area contributed by atoms with Gasteiger partial charge in [0.1, 0.15) is 11.6 Å². The molecule has 5 nitrogen and oxygen atoms in total. The van der Waals surface area contributed by atoms with E-state index in [4.69, 9.17) is 0 Å². The van der Waals surface area contributed by atoms with Gasteiger partial charge in [-0.15, -0.1) is 0 Å². The fourth-order valence-corrected chi connectivity index (χ4v) is 3.02. The quantitative estimate of drug-likeness (QED) is 0.856. The Morgan fingerprint density at radius 1 is 1.26 bits per heavy atom. The lowest BCUT2D eigenvalue weighted by Crippen LogP contribution is -2.28. The fraction of sp³-hybridized carbons (Fsp3) is 0.231. The second-order valence-electron chi connectivity index (χ2n) is 4.65. The van der Waals surface area contributed by atoms with Gasteiger partial charge in [0.15, 0.2) is 0 Å². The Hall–Kier alpha value is -2.23. The monoisotopic (exact) mass is 350 g/mol. The number of benzene rings is 1. The molecule has 1 aromatic carbocycles. The summed E-state index contributed by atoms with van der Waals surface area (Å²) in [5.41, 5.74) is -2.01. The zero-order valence-corrected chi connectivity index (χ0v) is 12.4. The number of rotatable bonds is 3. The number of halogens is 4. The van der Waals surface area contributed by atoms with Gasteiger partial charge >= 0.3 is 11.9 Å². The lowest BCUT2D eigenvalue weighted by molar-refractivity contribution is -0.105. The Morgan fingerprint density at radius 3 is 2.48 bits per heavy atom. The average molecular weight is 350 g/mol. The molecule has 124 valence electrons. The van der Waals surface area contributed by atoms with Gasteiger partial charge in [-0.05, 0) is 24.6 Å². The molecule has 23 heavy (non-hydrogen) atoms. The lowest BCUT2D eigenvalue weighted by Gasteiger charge is -2.12. The molecule has 0 radical (unpaired) electrons. The van der Waals surface area contributed by atoms with E-state index < -0.39 is 45.5 Å². The number of aromatic amines is 1. The number of hydrogen-bond acceptors (Lipinski definition) is 3. The van der Waals surface area contributed by atoms with E-state index in [1.807, 2.05) is 4.98 Å². The molecular weight excluding hydrogens is 340 g/mol. The molecule has 2 aromatic rings. The van der Waals surface area contributed by atoms with Crippen LogP contribution in [0.1, 0.15) is 5.56 Å². The molecule has 1 unspecified atom stereocenters. The molecule has 0 amide bonds. The molecule has 0 saturated heterocycles. The molecule has 0 aliphatic rings. The SMILES string of the molecule is Cc1cc(F)c(-n2ccc(=O)[nH]c2=O)cc1S(=O)CC(F)(F)F. The Balaban J connectivity index is 2.59. The summed E-state index contributed by atoms with van der Waals surface area (Å²) >= 11 is 0. The largest absolute Gasteiger partial charge is 0.400 e. The van der Waals surface area contributed by atoms with Crippen LogP contribution in [-0.2, 0) is 10.8 Å². The van der Waals surface area contributed by atoms with Gasteiger partial charge in [0.05, 0.1) is 16.5 Å². The Bertz CT molecular complexity index is 886. The second-order valence-corrected chi connectivity index (χ2v) is 6.07. The minimum absolute atomic E-state index is 0.0614. The van der Waals surface area contributed by atoms with Crippen LogP contribution in [0.25, 0.3) is 5.69 Å². The van der Waals surface area contributed by atoms with Crippen molar-refractivity contribution in [2.45, 2.75) is 18.0 Å². The number of aryl methyl sites for hydroxylation is 1. The summed E-state index contributed by atoms with van der Waals surface area (Å²) in [5.74, 6) is -2.48. The maximum absolute atomic E-state index is 14.0. The van der Waals surface area contributed by atoms with Crippen LogP contribution >= 0.6 is 0 Å². The van der Waals surface area contributed by atoms with Gasteiger partial charge in [0.25, 0.3) is 5.56 Å². The van der Waals surface area contributed by atoms with Gasteiger partial charge < -0.3 is 0 Å². The predicted molar refractivity (Wildman–Crippen MR) is 74.7 cm³/mol. The van der Waals surface area contributed by atoms with Crippen LogP contribution in [0.5, 0.6) is 0 Å². The van der Waals surface area contributed by atoms with Crippen molar-refractivity contribution in [2.75, 3.05) is 5.75 Å². The molecule has 0 aliphatic heterocycles. The normalized spacial score (nSPS) is 13.1. The van der Waals surface area contributed by atoms with Crippen molar-refractivity contribution in [3.05, 3.63) is 56.6 Å². The molecule has 1 N–H and O–H groups in total. The van der Waals surface area contributed by atoms with Gasteiger partial charge in [-0.25, -0.2) is 9.18 Å². The molecule has 0 saturated carbocycles. The third kappa shape index (κ3) is 3.95. The van der Waals surface area contributed by atoms with Gasteiger partial charge in [0.2, 0.25) is 0 Å². The molecule has 0 spiro atoms. The Morgan fingerprint density at radius 2 is 1.91 bits per heavy atom. The summed E-state index contributed by atoms with van der Waals surface area (Å²) in [4.78, 5) is 24.3. The topological polar surface area (TPSA) is 71.9 Å². The Labute approximate surface area is 129 Å². The van der Waals surface area contributed by atoms with Crippen LogP contribution in [-0.4, -0.2) is 25.7 Å². The number of nitrogens with one attached hydrogen (secondary N) is 1. The van der Waals surface area contributed by atoms with Crippen molar-refractivity contribution in [3.63, 3.8) is 0 Å². The second kappa shape index (κ2) is 6.11. The molecule has 1 aromatic heterocycles. The maximum Gasteiger partial charge on any atom is 0.400 e. The summed E-state index contributed by atoms with van der Waals surface area (Å²) in [5, 5.41) is 0. The van der Waals surface area contributed by atoms with Crippen molar-refractivity contribution < 1.29 is 21.8 Å². The van der Waals surface area contributed by atoms with Crippen molar-refractivity contribution in [2.24, 2.45) is 0 Å². The number of hydrogen-bond donors (Lipinski definition) is 1. The van der Waals surface area contributed by atoms with E-state index in [9.17, 15) is 31.4 Å². The number of alkyl halides is 3. The van der Waals surface area contributed by atoms with E-state index in [1.54, 1.807) is 0 Å². The van der Waals surface area contributed by atoms with Crippen molar-refractivity contribution in [3.8, 4) is 5.69 Å². The molecule has 0 bridgehead atoms. The average Bonchev–Trinajstić information content (AvgIpc) is 2.37. The number of aromatic nitrogens is 2. The van der Waals surface area contributed by atoms with E-state index in [0.29, 0.717) is 4.57 Å². The first kappa shape index (κ1) is 17.1. The van der Waals surface area contributed by atoms with E-state index in [-0.39, 0.29) is 10.5 Å². The highest BCUT2D eigenvalue weighted by molar-refractivity contribution is 7.85. The predicted octanol–water partition coefficient (Wildman–Crippen LogP) is 1.64. The first-order valence-corrected chi connectivity index (χ1v) is 7.48. The summed E-state index contributed by atoms with van der Waals surface area (Å²) in [6, 6.07) is 2.75. The highest BCUT2D eigenvalue weighted by atomic mass is 32.2. The molecule has 1 heterocycles. The van der Waals surface area contributed by atoms with Crippen LogP contribution in [0.3, 0.4) is 0 Å². The standard InChI is InChI=1S/C13H10F4N2O3S/c1-7-4-8(14)9(19-3-2-11(20)18-12(19)21)5-10(7)23(22)6-13(15,16)17/h2-5H,6H2,1H3,(H,18,20,21). The van der Waals surface area contributed by atoms with Crippen LogP contribution in [0, 0.1) is 12.7 Å².